The van der Waals surface area contributed by atoms with E-state index in [9.17, 15) is 14.7 Å². The lowest BCUT2D eigenvalue weighted by Crippen LogP contribution is -2.42. The van der Waals surface area contributed by atoms with Gasteiger partial charge in [0.05, 0.1) is 14.2 Å². The van der Waals surface area contributed by atoms with E-state index in [1.165, 1.54) is 27.7 Å². The van der Waals surface area contributed by atoms with Gasteiger partial charge in [0.1, 0.15) is 0 Å². The number of methoxy groups -OCH3 is 2. The molecule has 1 amide bonds. The molecule has 1 N–H and O–H groups in total. The quantitative estimate of drug-likeness (QED) is 0.204. The average molecular weight is 566 g/mol. The number of carbonyl (C=O) groups is 2. The summed E-state index contributed by atoms with van der Waals surface area (Å²) in [6, 6.07) is 29.1. The third-order valence-corrected chi connectivity index (χ3v) is 8.66. The zero-order valence-electron chi connectivity index (χ0n) is 24.4. The molecule has 6 heteroatoms. The Hall–Kier alpha value is -4.32. The minimum absolute atomic E-state index is 0.0561. The maximum atomic E-state index is 13.0. The molecule has 0 aliphatic heterocycles. The van der Waals surface area contributed by atoms with Crippen molar-refractivity contribution < 1.29 is 24.2 Å². The molecule has 5 rings (SSSR count). The number of ether oxygens (including phenoxy) is 2. The van der Waals surface area contributed by atoms with Gasteiger partial charge in [-0.2, -0.15) is 0 Å². The molecule has 0 spiro atoms. The van der Waals surface area contributed by atoms with Gasteiger partial charge in [-0.25, -0.2) is 4.79 Å². The van der Waals surface area contributed by atoms with E-state index < -0.39 is 11.9 Å². The van der Waals surface area contributed by atoms with Gasteiger partial charge >= 0.3 is 11.9 Å². The summed E-state index contributed by atoms with van der Waals surface area (Å²) in [4.78, 5) is 26.4. The van der Waals surface area contributed by atoms with Crippen LogP contribution in [0.15, 0.2) is 84.9 Å². The first-order valence-corrected chi connectivity index (χ1v) is 14.8. The number of hydrogen-bond acceptors (Lipinski definition) is 4. The molecule has 4 aromatic carbocycles. The Bertz CT molecular complexity index is 1520. The SMILES string of the molecule is COc1ccc(CCN(CC(c2ccc(-c3cccc4ccccc34)cc2)C2CCCCC2)C(=O)C(=O)O)cc1OC. The van der Waals surface area contributed by atoms with Gasteiger partial charge in [0, 0.05) is 19.0 Å². The zero-order valence-corrected chi connectivity index (χ0v) is 24.4. The smallest absolute Gasteiger partial charge is 0.394 e. The fourth-order valence-corrected chi connectivity index (χ4v) is 6.40. The van der Waals surface area contributed by atoms with Crippen LogP contribution < -0.4 is 9.47 Å². The Balaban J connectivity index is 1.42. The highest BCUT2D eigenvalue weighted by Crippen LogP contribution is 2.38. The first-order valence-electron chi connectivity index (χ1n) is 14.8. The molecule has 0 bridgehead atoms. The van der Waals surface area contributed by atoms with Gasteiger partial charge < -0.3 is 19.5 Å². The molecule has 0 saturated heterocycles. The normalized spacial score (nSPS) is 14.3. The number of carbonyl (C=O) groups excluding carboxylic acids is 1. The van der Waals surface area contributed by atoms with Crippen LogP contribution in [0, 0.1) is 5.92 Å². The highest BCUT2D eigenvalue weighted by molar-refractivity contribution is 6.31. The van der Waals surface area contributed by atoms with E-state index in [-0.39, 0.29) is 5.92 Å². The lowest BCUT2D eigenvalue weighted by atomic mass is 9.76. The molecule has 0 radical (unpaired) electrons. The van der Waals surface area contributed by atoms with Gasteiger partial charge in [-0.3, -0.25) is 4.79 Å². The van der Waals surface area contributed by atoms with Gasteiger partial charge in [0.25, 0.3) is 0 Å². The summed E-state index contributed by atoms with van der Waals surface area (Å²) in [7, 11) is 3.17. The summed E-state index contributed by atoms with van der Waals surface area (Å²) in [6.45, 7) is 0.675. The third kappa shape index (κ3) is 6.59. The Morgan fingerprint density at radius 2 is 1.57 bits per heavy atom. The van der Waals surface area contributed by atoms with Crippen LogP contribution in [0.2, 0.25) is 0 Å². The Morgan fingerprint density at radius 1 is 0.857 bits per heavy atom. The molecule has 1 aliphatic carbocycles. The van der Waals surface area contributed by atoms with Crippen molar-refractivity contribution in [2.75, 3.05) is 27.3 Å². The van der Waals surface area contributed by atoms with Gasteiger partial charge in [-0.15, -0.1) is 0 Å². The van der Waals surface area contributed by atoms with Crippen molar-refractivity contribution >= 4 is 22.6 Å². The van der Waals surface area contributed by atoms with Gasteiger partial charge in [-0.05, 0) is 70.3 Å². The number of carboxylic acids is 1. The number of benzene rings is 4. The molecule has 6 nitrogen and oxygen atoms in total. The van der Waals surface area contributed by atoms with Crippen molar-refractivity contribution in [2.24, 2.45) is 5.92 Å². The molecule has 1 aliphatic rings. The topological polar surface area (TPSA) is 76.1 Å². The second kappa shape index (κ2) is 13.6. The van der Waals surface area contributed by atoms with E-state index in [1.54, 1.807) is 14.2 Å². The predicted octanol–water partition coefficient (Wildman–Crippen LogP) is 7.34. The Labute approximate surface area is 247 Å². The highest BCUT2D eigenvalue weighted by atomic mass is 16.5. The van der Waals surface area contributed by atoms with Crippen LogP contribution in [0.25, 0.3) is 21.9 Å². The van der Waals surface area contributed by atoms with Gasteiger partial charge in [0.15, 0.2) is 11.5 Å². The molecule has 1 fully saturated rings. The van der Waals surface area contributed by atoms with E-state index in [4.69, 9.17) is 9.47 Å². The number of carboxylic acid groups (broad SMARTS) is 1. The molecule has 4 aromatic rings. The van der Waals surface area contributed by atoms with Crippen molar-refractivity contribution in [3.05, 3.63) is 96.1 Å². The first-order chi connectivity index (χ1) is 20.5. The fourth-order valence-electron chi connectivity index (χ4n) is 6.40. The molecule has 42 heavy (non-hydrogen) atoms. The number of hydrogen-bond donors (Lipinski definition) is 1. The molecular weight excluding hydrogens is 526 g/mol. The summed E-state index contributed by atoms with van der Waals surface area (Å²) in [5.74, 6) is -0.589. The molecule has 0 heterocycles. The van der Waals surface area contributed by atoms with Crippen LogP contribution in [-0.2, 0) is 16.0 Å². The van der Waals surface area contributed by atoms with E-state index >= 15 is 0 Å². The van der Waals surface area contributed by atoms with Crippen molar-refractivity contribution in [1.29, 1.82) is 0 Å². The fraction of sp³-hybridized carbons (Fsp3) is 0.333. The van der Waals surface area contributed by atoms with Gasteiger partial charge in [-0.1, -0.05) is 92.1 Å². The summed E-state index contributed by atoms with van der Waals surface area (Å²) >= 11 is 0. The molecule has 1 atom stereocenters. The van der Waals surface area contributed by atoms with Crippen LogP contribution in [0.1, 0.15) is 49.1 Å². The third-order valence-electron chi connectivity index (χ3n) is 8.66. The van der Waals surface area contributed by atoms with Crippen molar-refractivity contribution in [3.63, 3.8) is 0 Å². The predicted molar refractivity (Wildman–Crippen MR) is 166 cm³/mol. The number of rotatable bonds is 10. The molecule has 0 aromatic heterocycles. The second-order valence-electron chi connectivity index (χ2n) is 11.1. The maximum absolute atomic E-state index is 13.0. The van der Waals surface area contributed by atoms with Crippen LogP contribution >= 0.6 is 0 Å². The van der Waals surface area contributed by atoms with E-state index in [2.05, 4.69) is 66.7 Å². The minimum atomic E-state index is -1.42. The number of aliphatic carboxylic acids is 1. The summed E-state index contributed by atoms with van der Waals surface area (Å²) in [5.41, 5.74) is 4.43. The average Bonchev–Trinajstić information content (AvgIpc) is 3.04. The van der Waals surface area contributed by atoms with Crippen LogP contribution in [0.5, 0.6) is 11.5 Å². The lowest BCUT2D eigenvalue weighted by Gasteiger charge is -2.34. The highest BCUT2D eigenvalue weighted by Gasteiger charge is 2.30. The molecule has 218 valence electrons. The van der Waals surface area contributed by atoms with E-state index in [0.29, 0.717) is 36.9 Å². The molecule has 1 unspecified atom stereocenters. The number of nitrogens with zero attached hydrogens (tertiary/aromatic N) is 1. The van der Waals surface area contributed by atoms with E-state index in [1.807, 2.05) is 18.2 Å². The number of amides is 1. The van der Waals surface area contributed by atoms with Crippen LogP contribution in [-0.4, -0.2) is 49.2 Å². The first kappa shape index (κ1) is 29.2. The van der Waals surface area contributed by atoms with E-state index in [0.717, 1.165) is 42.4 Å². The maximum Gasteiger partial charge on any atom is 0.394 e. The van der Waals surface area contributed by atoms with Crippen molar-refractivity contribution in [1.82, 2.24) is 4.90 Å². The van der Waals surface area contributed by atoms with Gasteiger partial charge in [0.2, 0.25) is 0 Å². The van der Waals surface area contributed by atoms with Crippen molar-refractivity contribution in [3.8, 4) is 22.6 Å². The Kier molecular flexibility index (Phi) is 9.42. The summed E-state index contributed by atoms with van der Waals surface area (Å²) < 4.78 is 10.8. The second-order valence-corrected chi connectivity index (χ2v) is 11.1. The molecular formula is C36H39NO5. The summed E-state index contributed by atoms with van der Waals surface area (Å²) in [5, 5.41) is 12.1. The largest absolute Gasteiger partial charge is 0.493 e. The zero-order chi connectivity index (χ0) is 29.5. The summed E-state index contributed by atoms with van der Waals surface area (Å²) in [6.07, 6.45) is 6.22. The monoisotopic (exact) mass is 565 g/mol. The van der Waals surface area contributed by atoms with Crippen LogP contribution in [0.4, 0.5) is 0 Å². The number of fused-ring (bicyclic) bond motifs is 1. The molecule has 1 saturated carbocycles. The van der Waals surface area contributed by atoms with Crippen molar-refractivity contribution in [2.45, 2.75) is 44.4 Å². The minimum Gasteiger partial charge on any atom is -0.493 e. The standard InChI is InChI=1S/C36H39NO5/c1-41-33-20-15-25(23-34(33)42-2)21-22-37(35(38)36(39)40)24-32(27-9-4-3-5-10-27)29-18-16-28(17-19-29)31-14-8-12-26-11-6-7-13-30(26)31/h6-8,11-20,23,27,32H,3-5,9-10,21-22,24H2,1-2H3,(H,39,40). The Morgan fingerprint density at radius 3 is 2.29 bits per heavy atom. The lowest BCUT2D eigenvalue weighted by molar-refractivity contribution is -0.156. The van der Waals surface area contributed by atoms with Crippen LogP contribution in [0.3, 0.4) is 0 Å².